The lowest BCUT2D eigenvalue weighted by Gasteiger charge is -2.21. The quantitative estimate of drug-likeness (QED) is 0.810. The molecule has 0 heterocycles. The first kappa shape index (κ1) is 13.2. The highest BCUT2D eigenvalue weighted by molar-refractivity contribution is 5.27. The van der Waals surface area contributed by atoms with Crippen LogP contribution in [0.1, 0.15) is 43.7 Å². The van der Waals surface area contributed by atoms with Gasteiger partial charge in [-0.3, -0.25) is 0 Å². The van der Waals surface area contributed by atoms with Crippen molar-refractivity contribution in [3.05, 3.63) is 35.1 Å². The van der Waals surface area contributed by atoms with Gasteiger partial charge in [0.2, 0.25) is 0 Å². The van der Waals surface area contributed by atoms with Gasteiger partial charge in [0.25, 0.3) is 0 Å². The molecule has 0 aliphatic rings. The number of aryl methyl sites for hydroxylation is 1. The third-order valence-corrected chi connectivity index (χ3v) is 3.13. The number of hydrogen-bond acceptors (Lipinski definition) is 1. The fourth-order valence-electron chi connectivity index (χ4n) is 2.12. The van der Waals surface area contributed by atoms with E-state index < -0.39 is 0 Å². The summed E-state index contributed by atoms with van der Waals surface area (Å²) < 4.78 is 13.2. The number of nitrogens with two attached hydrogens (primary N) is 1. The smallest absolute Gasteiger partial charge is 0.126 e. The third kappa shape index (κ3) is 3.31. The zero-order valence-electron chi connectivity index (χ0n) is 10.5. The molecule has 0 fully saturated rings. The SMILES string of the molecule is Cc1cc(C(CCCN)C(C)C)ccc1F. The topological polar surface area (TPSA) is 26.0 Å². The predicted molar refractivity (Wildman–Crippen MR) is 67.0 cm³/mol. The van der Waals surface area contributed by atoms with E-state index in [1.54, 1.807) is 6.07 Å². The monoisotopic (exact) mass is 223 g/mol. The first-order valence-corrected chi connectivity index (χ1v) is 6.02. The zero-order valence-corrected chi connectivity index (χ0v) is 10.5. The minimum absolute atomic E-state index is 0.120. The largest absolute Gasteiger partial charge is 0.330 e. The van der Waals surface area contributed by atoms with E-state index in [4.69, 9.17) is 5.73 Å². The molecule has 2 heteroatoms. The molecule has 1 atom stereocenters. The van der Waals surface area contributed by atoms with E-state index in [0.717, 1.165) is 24.9 Å². The summed E-state index contributed by atoms with van der Waals surface area (Å²) in [5.74, 6) is 0.935. The Morgan fingerprint density at radius 3 is 2.50 bits per heavy atom. The summed E-state index contributed by atoms with van der Waals surface area (Å²) in [7, 11) is 0. The van der Waals surface area contributed by atoms with Crippen LogP contribution in [0.4, 0.5) is 4.39 Å². The molecule has 0 saturated carbocycles. The molecule has 16 heavy (non-hydrogen) atoms. The van der Waals surface area contributed by atoms with Crippen LogP contribution in [0.3, 0.4) is 0 Å². The summed E-state index contributed by atoms with van der Waals surface area (Å²) in [6.07, 6.45) is 2.11. The van der Waals surface area contributed by atoms with E-state index >= 15 is 0 Å². The van der Waals surface area contributed by atoms with Crippen molar-refractivity contribution in [1.29, 1.82) is 0 Å². The second-order valence-electron chi connectivity index (χ2n) is 4.79. The molecule has 1 aromatic rings. The molecule has 0 aliphatic carbocycles. The third-order valence-electron chi connectivity index (χ3n) is 3.13. The molecular formula is C14H22FN. The first-order chi connectivity index (χ1) is 7.56. The Morgan fingerprint density at radius 1 is 1.31 bits per heavy atom. The maximum absolute atomic E-state index is 13.2. The van der Waals surface area contributed by atoms with E-state index in [-0.39, 0.29) is 5.82 Å². The van der Waals surface area contributed by atoms with Crippen molar-refractivity contribution < 1.29 is 4.39 Å². The standard InChI is InChI=1S/C14H22FN/c1-10(2)13(5-4-8-16)12-6-7-14(15)11(3)9-12/h6-7,9-10,13H,4-5,8,16H2,1-3H3. The van der Waals surface area contributed by atoms with Crippen LogP contribution in [0.5, 0.6) is 0 Å². The first-order valence-electron chi connectivity index (χ1n) is 6.02. The zero-order chi connectivity index (χ0) is 12.1. The molecule has 0 amide bonds. The molecule has 0 aliphatic heterocycles. The number of hydrogen-bond donors (Lipinski definition) is 1. The molecule has 0 aromatic heterocycles. The second kappa shape index (κ2) is 6.00. The van der Waals surface area contributed by atoms with Gasteiger partial charge in [0, 0.05) is 0 Å². The lowest BCUT2D eigenvalue weighted by atomic mass is 9.84. The van der Waals surface area contributed by atoms with Crippen LogP contribution < -0.4 is 5.73 Å². The van der Waals surface area contributed by atoms with Crippen molar-refractivity contribution in [3.8, 4) is 0 Å². The summed E-state index contributed by atoms with van der Waals surface area (Å²) in [4.78, 5) is 0. The molecule has 1 unspecified atom stereocenters. The maximum atomic E-state index is 13.2. The summed E-state index contributed by atoms with van der Waals surface area (Å²) in [5, 5.41) is 0. The average molecular weight is 223 g/mol. The summed E-state index contributed by atoms with van der Waals surface area (Å²) in [6.45, 7) is 6.96. The minimum Gasteiger partial charge on any atom is -0.330 e. The molecule has 1 nitrogen and oxygen atoms in total. The summed E-state index contributed by atoms with van der Waals surface area (Å²) in [6, 6.07) is 5.45. The van der Waals surface area contributed by atoms with E-state index in [9.17, 15) is 4.39 Å². The fourth-order valence-corrected chi connectivity index (χ4v) is 2.12. The van der Waals surface area contributed by atoms with Gasteiger partial charge in [-0.05, 0) is 55.3 Å². The van der Waals surface area contributed by atoms with Crippen molar-refractivity contribution in [2.75, 3.05) is 6.54 Å². The highest BCUT2D eigenvalue weighted by atomic mass is 19.1. The normalized spacial score (nSPS) is 13.1. The lowest BCUT2D eigenvalue weighted by Crippen LogP contribution is -2.10. The highest BCUT2D eigenvalue weighted by Gasteiger charge is 2.15. The van der Waals surface area contributed by atoms with E-state index in [0.29, 0.717) is 11.8 Å². The molecule has 0 bridgehead atoms. The Morgan fingerprint density at radius 2 is 2.00 bits per heavy atom. The van der Waals surface area contributed by atoms with Crippen molar-refractivity contribution in [2.24, 2.45) is 11.7 Å². The fraction of sp³-hybridized carbons (Fsp3) is 0.571. The minimum atomic E-state index is -0.120. The Labute approximate surface area is 97.9 Å². The van der Waals surface area contributed by atoms with Gasteiger partial charge in [0.1, 0.15) is 5.82 Å². The Hall–Kier alpha value is -0.890. The van der Waals surface area contributed by atoms with Crippen LogP contribution in [-0.2, 0) is 0 Å². The Kier molecular flexibility index (Phi) is 4.94. The second-order valence-corrected chi connectivity index (χ2v) is 4.79. The van der Waals surface area contributed by atoms with Crippen molar-refractivity contribution in [2.45, 2.75) is 39.5 Å². The number of benzene rings is 1. The maximum Gasteiger partial charge on any atom is 0.126 e. The van der Waals surface area contributed by atoms with Gasteiger partial charge in [-0.2, -0.15) is 0 Å². The number of rotatable bonds is 5. The molecule has 2 N–H and O–H groups in total. The predicted octanol–water partition coefficient (Wildman–Crippen LogP) is 3.61. The van der Waals surface area contributed by atoms with Crippen LogP contribution in [-0.4, -0.2) is 6.54 Å². The van der Waals surface area contributed by atoms with Gasteiger partial charge in [0.05, 0.1) is 0 Å². The van der Waals surface area contributed by atoms with Gasteiger partial charge in [-0.25, -0.2) is 4.39 Å². The Balaban J connectivity index is 2.88. The van der Waals surface area contributed by atoms with Crippen LogP contribution in [0.15, 0.2) is 18.2 Å². The van der Waals surface area contributed by atoms with E-state index in [1.165, 1.54) is 5.56 Å². The van der Waals surface area contributed by atoms with Crippen LogP contribution >= 0.6 is 0 Å². The van der Waals surface area contributed by atoms with Crippen molar-refractivity contribution in [1.82, 2.24) is 0 Å². The van der Waals surface area contributed by atoms with E-state index in [2.05, 4.69) is 13.8 Å². The lowest BCUT2D eigenvalue weighted by molar-refractivity contribution is 0.457. The average Bonchev–Trinajstić information content (AvgIpc) is 2.23. The molecule has 0 spiro atoms. The van der Waals surface area contributed by atoms with Gasteiger partial charge < -0.3 is 5.73 Å². The molecule has 0 saturated heterocycles. The Bertz CT molecular complexity index is 334. The van der Waals surface area contributed by atoms with Gasteiger partial charge in [-0.15, -0.1) is 0 Å². The van der Waals surface area contributed by atoms with Crippen LogP contribution in [0.2, 0.25) is 0 Å². The molecule has 1 rings (SSSR count). The number of halogens is 1. The molecular weight excluding hydrogens is 201 g/mol. The molecule has 90 valence electrons. The van der Waals surface area contributed by atoms with Crippen molar-refractivity contribution >= 4 is 0 Å². The summed E-state index contributed by atoms with van der Waals surface area (Å²) in [5.41, 5.74) is 7.52. The van der Waals surface area contributed by atoms with E-state index in [1.807, 2.05) is 19.1 Å². The van der Waals surface area contributed by atoms with Crippen LogP contribution in [0.25, 0.3) is 0 Å². The van der Waals surface area contributed by atoms with Crippen LogP contribution in [0, 0.1) is 18.7 Å². The van der Waals surface area contributed by atoms with Gasteiger partial charge in [0.15, 0.2) is 0 Å². The summed E-state index contributed by atoms with van der Waals surface area (Å²) >= 11 is 0. The van der Waals surface area contributed by atoms with Gasteiger partial charge >= 0.3 is 0 Å². The van der Waals surface area contributed by atoms with Gasteiger partial charge in [-0.1, -0.05) is 26.0 Å². The molecule has 0 radical (unpaired) electrons. The van der Waals surface area contributed by atoms with Crippen molar-refractivity contribution in [3.63, 3.8) is 0 Å². The highest BCUT2D eigenvalue weighted by Crippen LogP contribution is 2.29. The molecule has 1 aromatic carbocycles.